The summed E-state index contributed by atoms with van der Waals surface area (Å²) < 4.78 is 1.28. The lowest BCUT2D eigenvalue weighted by Crippen LogP contribution is -2.49. The minimum atomic E-state index is -0.794. The molecule has 0 aliphatic carbocycles. The van der Waals surface area contributed by atoms with Gasteiger partial charge in [-0.3, -0.25) is 14.5 Å². The van der Waals surface area contributed by atoms with Crippen molar-refractivity contribution in [3.63, 3.8) is 0 Å². The van der Waals surface area contributed by atoms with Crippen molar-refractivity contribution in [2.24, 2.45) is 5.92 Å². The maximum Gasteiger partial charge on any atom is 0.266 e. The van der Waals surface area contributed by atoms with Crippen LogP contribution in [0.3, 0.4) is 0 Å². The van der Waals surface area contributed by atoms with Crippen molar-refractivity contribution < 1.29 is 14.7 Å². The third kappa shape index (κ3) is 4.88. The highest BCUT2D eigenvalue weighted by Gasteiger charge is 2.42. The van der Waals surface area contributed by atoms with Crippen molar-refractivity contribution in [1.29, 1.82) is 0 Å². The highest BCUT2D eigenvalue weighted by atomic mass is 79.9. The molecule has 29 heavy (non-hydrogen) atoms. The number of aromatic hydroxyl groups is 1. The number of hydrogen-bond acceptors (Lipinski definition) is 5. The topological polar surface area (TPSA) is 69.6 Å². The SMILES string of the molecule is CC(C)C(C(=O)Nc1ccccc1O)N1C(=O)/C(=C/c2ccc(Br)cc2)SC1=S. The molecular weight excluding hydrogens is 472 g/mol. The van der Waals surface area contributed by atoms with Gasteiger partial charge in [-0.15, -0.1) is 0 Å². The summed E-state index contributed by atoms with van der Waals surface area (Å²) in [6, 6.07) is 13.2. The third-order valence-electron chi connectivity index (χ3n) is 4.33. The second kappa shape index (κ2) is 9.11. The fourth-order valence-electron chi connectivity index (χ4n) is 2.93. The molecule has 0 aromatic heterocycles. The predicted molar refractivity (Wildman–Crippen MR) is 125 cm³/mol. The number of nitrogens with zero attached hydrogens (tertiary/aromatic N) is 1. The third-order valence-corrected chi connectivity index (χ3v) is 6.19. The molecule has 1 unspecified atom stereocenters. The van der Waals surface area contributed by atoms with E-state index in [2.05, 4.69) is 21.2 Å². The molecule has 2 aromatic rings. The molecule has 0 spiro atoms. The normalized spacial score (nSPS) is 16.6. The number of thiocarbonyl (C=S) groups is 1. The Morgan fingerprint density at radius 1 is 1.21 bits per heavy atom. The van der Waals surface area contributed by atoms with Crippen LogP contribution in [0.25, 0.3) is 6.08 Å². The van der Waals surface area contributed by atoms with E-state index in [-0.39, 0.29) is 17.6 Å². The Labute approximate surface area is 187 Å². The molecule has 1 atom stereocenters. The zero-order chi connectivity index (χ0) is 21.1. The largest absolute Gasteiger partial charge is 0.506 e. The Morgan fingerprint density at radius 2 is 1.86 bits per heavy atom. The first-order chi connectivity index (χ1) is 13.8. The first-order valence-electron chi connectivity index (χ1n) is 8.89. The molecule has 2 amide bonds. The van der Waals surface area contributed by atoms with Crippen molar-refractivity contribution in [3.8, 4) is 5.75 Å². The molecule has 0 saturated carbocycles. The van der Waals surface area contributed by atoms with Gasteiger partial charge in [-0.1, -0.05) is 78.0 Å². The molecule has 1 fully saturated rings. The summed E-state index contributed by atoms with van der Waals surface area (Å²) in [7, 11) is 0. The highest BCUT2D eigenvalue weighted by molar-refractivity contribution is 9.10. The number of phenolic OH excluding ortho intramolecular Hbond substituents is 1. The summed E-state index contributed by atoms with van der Waals surface area (Å²) in [5.74, 6) is -0.920. The first kappa shape index (κ1) is 21.5. The standard InChI is InChI=1S/C21H19BrN2O3S2/c1-12(2)18(19(26)23-15-5-3-4-6-16(15)25)24-20(27)17(29-21(24)28)11-13-7-9-14(22)10-8-13/h3-12,18,25H,1-2H3,(H,23,26)/b17-11-. The number of thioether (sulfide) groups is 1. The Morgan fingerprint density at radius 3 is 2.48 bits per heavy atom. The van der Waals surface area contributed by atoms with Crippen molar-refractivity contribution in [2.45, 2.75) is 19.9 Å². The van der Waals surface area contributed by atoms with Crippen LogP contribution in [-0.4, -0.2) is 32.2 Å². The highest BCUT2D eigenvalue weighted by Crippen LogP contribution is 2.36. The predicted octanol–water partition coefficient (Wildman–Crippen LogP) is 5.02. The van der Waals surface area contributed by atoms with Crippen LogP contribution in [0.4, 0.5) is 5.69 Å². The van der Waals surface area contributed by atoms with Gasteiger partial charge in [0, 0.05) is 4.47 Å². The van der Waals surface area contributed by atoms with E-state index in [4.69, 9.17) is 12.2 Å². The number of hydrogen-bond donors (Lipinski definition) is 2. The number of benzene rings is 2. The van der Waals surface area contributed by atoms with Crippen LogP contribution in [-0.2, 0) is 9.59 Å². The van der Waals surface area contributed by atoms with Crippen LogP contribution in [0.1, 0.15) is 19.4 Å². The smallest absolute Gasteiger partial charge is 0.266 e. The van der Waals surface area contributed by atoms with Gasteiger partial charge in [0.25, 0.3) is 5.91 Å². The van der Waals surface area contributed by atoms with Gasteiger partial charge in [-0.2, -0.15) is 0 Å². The summed E-state index contributed by atoms with van der Waals surface area (Å²) in [5, 5.41) is 12.6. The Balaban J connectivity index is 1.86. The first-order valence-corrected chi connectivity index (χ1v) is 10.9. The molecule has 8 heteroatoms. The lowest BCUT2D eigenvalue weighted by molar-refractivity contribution is -0.131. The van der Waals surface area contributed by atoms with Gasteiger partial charge in [0.15, 0.2) is 0 Å². The number of anilines is 1. The van der Waals surface area contributed by atoms with Gasteiger partial charge in [0.2, 0.25) is 5.91 Å². The van der Waals surface area contributed by atoms with E-state index in [0.29, 0.717) is 14.9 Å². The lowest BCUT2D eigenvalue weighted by atomic mass is 10.0. The van der Waals surface area contributed by atoms with Gasteiger partial charge in [0.1, 0.15) is 16.1 Å². The molecule has 1 aliphatic rings. The van der Waals surface area contributed by atoms with E-state index in [1.807, 2.05) is 38.1 Å². The zero-order valence-electron chi connectivity index (χ0n) is 15.8. The second-order valence-electron chi connectivity index (χ2n) is 6.80. The molecule has 5 nitrogen and oxygen atoms in total. The van der Waals surface area contributed by atoms with Gasteiger partial charge in [-0.05, 0) is 41.8 Å². The number of amides is 2. The Hall–Kier alpha value is -2.16. The summed E-state index contributed by atoms with van der Waals surface area (Å²) in [6.45, 7) is 3.71. The van der Waals surface area contributed by atoms with Crippen molar-refractivity contribution in [3.05, 3.63) is 63.5 Å². The Kier molecular flexibility index (Phi) is 6.77. The summed E-state index contributed by atoms with van der Waals surface area (Å²) in [5.41, 5.74) is 1.16. The van der Waals surface area contributed by atoms with E-state index in [0.717, 1.165) is 10.0 Å². The van der Waals surface area contributed by atoms with E-state index >= 15 is 0 Å². The monoisotopic (exact) mass is 490 g/mol. The number of carbonyl (C=O) groups excluding carboxylic acids is 2. The molecule has 3 rings (SSSR count). The van der Waals surface area contributed by atoms with Crippen LogP contribution in [0.2, 0.25) is 0 Å². The van der Waals surface area contributed by atoms with Gasteiger partial charge < -0.3 is 10.4 Å². The minimum absolute atomic E-state index is 0.0381. The average Bonchev–Trinajstić information content (AvgIpc) is 2.93. The molecular formula is C21H19BrN2O3S2. The second-order valence-corrected chi connectivity index (χ2v) is 9.39. The van der Waals surface area contributed by atoms with Crippen LogP contribution in [0, 0.1) is 5.92 Å². The fourth-order valence-corrected chi connectivity index (χ4v) is 4.53. The molecule has 150 valence electrons. The van der Waals surface area contributed by atoms with Gasteiger partial charge >= 0.3 is 0 Å². The number of carbonyl (C=O) groups is 2. The summed E-state index contributed by atoms with van der Waals surface area (Å²) in [4.78, 5) is 27.9. The molecule has 2 aromatic carbocycles. The fraction of sp³-hybridized carbons (Fsp3) is 0.190. The van der Waals surface area contributed by atoms with Gasteiger partial charge in [-0.25, -0.2) is 0 Å². The number of para-hydroxylation sites is 2. The molecule has 0 bridgehead atoms. The summed E-state index contributed by atoms with van der Waals surface area (Å²) >= 11 is 10.00. The molecule has 0 radical (unpaired) electrons. The number of nitrogens with one attached hydrogen (secondary N) is 1. The number of phenols is 1. The van der Waals surface area contributed by atoms with Crippen molar-refractivity contribution >= 4 is 67.8 Å². The van der Waals surface area contributed by atoms with Crippen molar-refractivity contribution in [1.82, 2.24) is 4.90 Å². The van der Waals surface area contributed by atoms with Gasteiger partial charge in [0.05, 0.1) is 10.6 Å². The number of halogens is 1. The quantitative estimate of drug-likeness (QED) is 0.349. The summed E-state index contributed by atoms with van der Waals surface area (Å²) in [6.07, 6.45) is 1.77. The van der Waals surface area contributed by atoms with Crippen LogP contribution in [0.5, 0.6) is 5.75 Å². The van der Waals surface area contributed by atoms with E-state index in [1.54, 1.807) is 24.3 Å². The lowest BCUT2D eigenvalue weighted by Gasteiger charge is -2.29. The van der Waals surface area contributed by atoms with E-state index in [1.165, 1.54) is 22.7 Å². The maximum atomic E-state index is 13.1. The van der Waals surface area contributed by atoms with Crippen LogP contribution < -0.4 is 5.32 Å². The minimum Gasteiger partial charge on any atom is -0.506 e. The average molecular weight is 491 g/mol. The molecule has 1 aliphatic heterocycles. The maximum absolute atomic E-state index is 13.1. The molecule has 1 heterocycles. The number of rotatable bonds is 5. The molecule has 2 N–H and O–H groups in total. The molecule has 1 saturated heterocycles. The zero-order valence-corrected chi connectivity index (χ0v) is 19.0. The van der Waals surface area contributed by atoms with Crippen LogP contribution >= 0.6 is 39.9 Å². The van der Waals surface area contributed by atoms with Crippen molar-refractivity contribution in [2.75, 3.05) is 5.32 Å². The van der Waals surface area contributed by atoms with Crippen LogP contribution in [0.15, 0.2) is 57.9 Å². The van der Waals surface area contributed by atoms with E-state index < -0.39 is 11.9 Å². The van der Waals surface area contributed by atoms with E-state index in [9.17, 15) is 14.7 Å². The Bertz CT molecular complexity index is 990.